The molecule has 17 heavy (non-hydrogen) atoms. The second-order valence-electron chi connectivity index (χ2n) is 4.05. The first-order chi connectivity index (χ1) is 8.29. The molecule has 0 amide bonds. The van der Waals surface area contributed by atoms with Crippen LogP contribution in [0.4, 0.5) is 4.39 Å². The summed E-state index contributed by atoms with van der Waals surface area (Å²) in [5.41, 5.74) is 0.939. The molecule has 3 heteroatoms. The maximum Gasteiger partial charge on any atom is 0.165 e. The average molecular weight is 239 g/mol. The summed E-state index contributed by atoms with van der Waals surface area (Å²) >= 11 is 0. The van der Waals surface area contributed by atoms with Crippen molar-refractivity contribution in [2.24, 2.45) is 5.92 Å². The molecule has 0 aromatic heterocycles. The average Bonchev–Trinajstić information content (AvgIpc) is 3.15. The monoisotopic (exact) mass is 239 g/mol. The Morgan fingerprint density at radius 3 is 2.59 bits per heavy atom. The van der Waals surface area contributed by atoms with E-state index in [9.17, 15) is 4.39 Å². The lowest BCUT2D eigenvalue weighted by Gasteiger charge is -2.07. The minimum atomic E-state index is -0.261. The van der Waals surface area contributed by atoms with Crippen LogP contribution in [-0.2, 0) is 6.54 Å². The van der Waals surface area contributed by atoms with E-state index in [2.05, 4.69) is 5.32 Å². The molecule has 1 saturated carbocycles. The van der Waals surface area contributed by atoms with Crippen LogP contribution < -0.4 is 10.1 Å². The minimum Gasteiger partial charge on any atom is -0.490 e. The zero-order valence-corrected chi connectivity index (χ0v) is 10.9. The van der Waals surface area contributed by atoms with Gasteiger partial charge in [-0.05, 0) is 43.5 Å². The quantitative estimate of drug-likeness (QED) is 0.850. The van der Waals surface area contributed by atoms with Crippen molar-refractivity contribution in [3.8, 4) is 5.75 Å². The molecule has 96 valence electrons. The number of ether oxygens (including phenoxy) is 1. The highest BCUT2D eigenvalue weighted by molar-refractivity contribution is 5.29. The molecule has 0 heterocycles. The molecule has 1 N–H and O–H groups in total. The summed E-state index contributed by atoms with van der Waals surface area (Å²) < 4.78 is 18.9. The third-order valence-electron chi connectivity index (χ3n) is 2.55. The second kappa shape index (κ2) is 7.28. The number of nitrogens with one attached hydrogen (secondary N) is 1. The van der Waals surface area contributed by atoms with Crippen molar-refractivity contribution >= 4 is 0 Å². The zero-order chi connectivity index (χ0) is 12.7. The first-order valence-corrected chi connectivity index (χ1v) is 6.35. The maximum atomic E-state index is 13.5. The van der Waals surface area contributed by atoms with Crippen molar-refractivity contribution in [2.45, 2.75) is 33.2 Å². The van der Waals surface area contributed by atoms with Gasteiger partial charge in [0.1, 0.15) is 0 Å². The highest BCUT2D eigenvalue weighted by Crippen LogP contribution is 2.30. The predicted molar refractivity (Wildman–Crippen MR) is 68.7 cm³/mol. The fourth-order valence-electron chi connectivity index (χ4n) is 1.47. The molecule has 0 bridgehead atoms. The number of hydrogen-bond acceptors (Lipinski definition) is 2. The molecule has 1 aliphatic carbocycles. The smallest absolute Gasteiger partial charge is 0.165 e. The van der Waals surface area contributed by atoms with Crippen LogP contribution in [0, 0.1) is 11.7 Å². The Labute approximate surface area is 103 Å². The van der Waals surface area contributed by atoms with Crippen molar-refractivity contribution in [1.29, 1.82) is 0 Å². The molecule has 2 rings (SSSR count). The summed E-state index contributed by atoms with van der Waals surface area (Å²) in [6, 6.07) is 5.13. The summed E-state index contributed by atoms with van der Waals surface area (Å²) in [5, 5.41) is 2.98. The van der Waals surface area contributed by atoms with Gasteiger partial charge in [0, 0.05) is 6.54 Å². The number of benzene rings is 1. The van der Waals surface area contributed by atoms with Crippen molar-refractivity contribution < 1.29 is 9.13 Å². The highest BCUT2D eigenvalue weighted by Gasteiger charge is 2.22. The maximum absolute atomic E-state index is 13.5. The van der Waals surface area contributed by atoms with Gasteiger partial charge in [0.15, 0.2) is 11.6 Å². The van der Waals surface area contributed by atoms with Crippen LogP contribution >= 0.6 is 0 Å². The lowest BCUT2D eigenvalue weighted by Crippen LogP contribution is -2.06. The van der Waals surface area contributed by atoms with Gasteiger partial charge in [-0.2, -0.15) is 0 Å². The standard InChI is InChI=1S/C12H16FNO.C2H6/c1-14-7-10-4-5-12(11(13)6-10)15-8-9-2-3-9;1-2/h4-6,9,14H,2-3,7-8H2,1H3;1-2H3. The molecule has 0 spiro atoms. The van der Waals surface area contributed by atoms with E-state index >= 15 is 0 Å². The van der Waals surface area contributed by atoms with E-state index < -0.39 is 0 Å². The fourth-order valence-corrected chi connectivity index (χ4v) is 1.47. The largest absolute Gasteiger partial charge is 0.490 e. The molecular formula is C14H22FNO. The van der Waals surface area contributed by atoms with Crippen LogP contribution in [0.2, 0.25) is 0 Å². The molecule has 1 aliphatic rings. The molecule has 0 atom stereocenters. The summed E-state index contributed by atoms with van der Waals surface area (Å²) in [4.78, 5) is 0. The van der Waals surface area contributed by atoms with Gasteiger partial charge >= 0.3 is 0 Å². The topological polar surface area (TPSA) is 21.3 Å². The van der Waals surface area contributed by atoms with E-state index in [4.69, 9.17) is 4.74 Å². The van der Waals surface area contributed by atoms with Crippen molar-refractivity contribution in [1.82, 2.24) is 5.32 Å². The van der Waals surface area contributed by atoms with Gasteiger partial charge in [-0.15, -0.1) is 0 Å². The molecule has 0 saturated heterocycles. The summed E-state index contributed by atoms with van der Waals surface area (Å²) in [6.07, 6.45) is 2.44. The lowest BCUT2D eigenvalue weighted by atomic mass is 10.2. The van der Waals surface area contributed by atoms with Crippen molar-refractivity contribution in [2.75, 3.05) is 13.7 Å². The van der Waals surface area contributed by atoms with Gasteiger partial charge in [-0.25, -0.2) is 4.39 Å². The Morgan fingerprint density at radius 1 is 1.35 bits per heavy atom. The predicted octanol–water partition coefficient (Wildman–Crippen LogP) is 3.36. The summed E-state index contributed by atoms with van der Waals surface area (Å²) in [5.74, 6) is 0.770. The summed E-state index contributed by atoms with van der Waals surface area (Å²) in [7, 11) is 1.84. The molecule has 2 nitrogen and oxygen atoms in total. The Balaban J connectivity index is 0.000000686. The molecule has 0 aliphatic heterocycles. The lowest BCUT2D eigenvalue weighted by molar-refractivity contribution is 0.285. The van der Waals surface area contributed by atoms with Crippen molar-refractivity contribution in [3.05, 3.63) is 29.6 Å². The minimum absolute atomic E-state index is 0.261. The van der Waals surface area contributed by atoms with Gasteiger partial charge in [0.05, 0.1) is 6.61 Å². The van der Waals surface area contributed by atoms with E-state index in [0.29, 0.717) is 24.8 Å². The molecular weight excluding hydrogens is 217 g/mol. The van der Waals surface area contributed by atoms with Crippen LogP contribution in [0.1, 0.15) is 32.3 Å². The van der Waals surface area contributed by atoms with Gasteiger partial charge in [-0.1, -0.05) is 19.9 Å². The number of halogens is 1. The number of rotatable bonds is 5. The Morgan fingerprint density at radius 2 is 2.06 bits per heavy atom. The summed E-state index contributed by atoms with van der Waals surface area (Å²) in [6.45, 7) is 5.34. The Hall–Kier alpha value is -1.09. The van der Waals surface area contributed by atoms with Gasteiger partial charge in [0.2, 0.25) is 0 Å². The van der Waals surface area contributed by atoms with Crippen molar-refractivity contribution in [3.63, 3.8) is 0 Å². The molecule has 0 radical (unpaired) electrons. The van der Waals surface area contributed by atoms with E-state index in [1.54, 1.807) is 6.07 Å². The van der Waals surface area contributed by atoms with Crippen LogP contribution in [0.25, 0.3) is 0 Å². The van der Waals surface area contributed by atoms with E-state index in [1.165, 1.54) is 18.9 Å². The van der Waals surface area contributed by atoms with Gasteiger partial charge in [0.25, 0.3) is 0 Å². The van der Waals surface area contributed by atoms with Gasteiger partial charge < -0.3 is 10.1 Å². The molecule has 1 aromatic rings. The van der Waals surface area contributed by atoms with Gasteiger partial charge in [-0.3, -0.25) is 0 Å². The third kappa shape index (κ3) is 4.73. The first kappa shape index (κ1) is 14.0. The highest BCUT2D eigenvalue weighted by atomic mass is 19.1. The van der Waals surface area contributed by atoms with Crippen LogP contribution in [0.3, 0.4) is 0 Å². The van der Waals surface area contributed by atoms with E-state index in [1.807, 2.05) is 27.0 Å². The van der Waals surface area contributed by atoms with E-state index in [0.717, 1.165) is 5.56 Å². The SMILES string of the molecule is CC.CNCc1ccc(OCC2CC2)c(F)c1. The van der Waals surface area contributed by atoms with Crippen LogP contribution in [0.5, 0.6) is 5.75 Å². The third-order valence-corrected chi connectivity index (χ3v) is 2.55. The number of hydrogen-bond donors (Lipinski definition) is 1. The normalized spacial score (nSPS) is 13.9. The Bertz CT molecular complexity index is 337. The zero-order valence-electron chi connectivity index (χ0n) is 10.9. The molecule has 1 aromatic carbocycles. The molecule has 0 unspecified atom stereocenters. The second-order valence-corrected chi connectivity index (χ2v) is 4.05. The van der Waals surface area contributed by atoms with E-state index in [-0.39, 0.29) is 5.82 Å². The van der Waals surface area contributed by atoms with Crippen LogP contribution in [0.15, 0.2) is 18.2 Å². The molecule has 1 fully saturated rings. The van der Waals surface area contributed by atoms with Crippen LogP contribution in [-0.4, -0.2) is 13.7 Å². The fraction of sp³-hybridized carbons (Fsp3) is 0.571. The Kier molecular flexibility index (Phi) is 5.98. The first-order valence-electron chi connectivity index (χ1n) is 6.35.